The molecule has 0 atom stereocenters. The Hall–Kier alpha value is -2.34. The fraction of sp³-hybridized carbons (Fsp3) is 0.500. The SMILES string of the molecule is CC(C)(C)c1ccc2c(c1)Nc1nc(=O)n(C3CCC(N)CC3)cc1O2. The number of anilines is 2. The van der Waals surface area contributed by atoms with Crippen molar-refractivity contribution in [1.29, 1.82) is 0 Å². The minimum atomic E-state index is -0.240. The zero-order chi connectivity index (χ0) is 18.5. The first-order valence-corrected chi connectivity index (χ1v) is 9.29. The van der Waals surface area contributed by atoms with E-state index in [0.29, 0.717) is 11.6 Å². The minimum absolute atomic E-state index is 0.0374. The van der Waals surface area contributed by atoms with Crippen molar-refractivity contribution in [1.82, 2.24) is 9.55 Å². The Balaban J connectivity index is 1.65. The number of nitrogens with one attached hydrogen (secondary N) is 1. The molecular formula is C20H26N4O2. The Morgan fingerprint density at radius 2 is 1.92 bits per heavy atom. The van der Waals surface area contributed by atoms with E-state index in [9.17, 15) is 4.79 Å². The van der Waals surface area contributed by atoms with E-state index in [2.05, 4.69) is 43.2 Å². The number of fused-ring (bicyclic) bond motifs is 2. The highest BCUT2D eigenvalue weighted by Gasteiger charge is 2.26. The van der Waals surface area contributed by atoms with Crippen LogP contribution in [-0.4, -0.2) is 15.6 Å². The first-order valence-electron chi connectivity index (χ1n) is 9.29. The van der Waals surface area contributed by atoms with Crippen molar-refractivity contribution in [2.75, 3.05) is 5.32 Å². The quantitative estimate of drug-likeness (QED) is 0.694. The number of hydrogen-bond donors (Lipinski definition) is 2. The molecule has 1 saturated carbocycles. The number of aromatic nitrogens is 2. The van der Waals surface area contributed by atoms with E-state index in [1.807, 2.05) is 6.07 Å². The highest BCUT2D eigenvalue weighted by atomic mass is 16.5. The maximum absolute atomic E-state index is 12.5. The number of benzene rings is 1. The Morgan fingerprint density at radius 3 is 2.62 bits per heavy atom. The molecule has 1 fully saturated rings. The van der Waals surface area contributed by atoms with Gasteiger partial charge in [0.15, 0.2) is 17.3 Å². The predicted octanol–water partition coefficient (Wildman–Crippen LogP) is 3.83. The van der Waals surface area contributed by atoms with E-state index in [1.54, 1.807) is 10.8 Å². The van der Waals surface area contributed by atoms with E-state index in [4.69, 9.17) is 10.5 Å². The van der Waals surface area contributed by atoms with Crippen LogP contribution in [0, 0.1) is 0 Å². The molecule has 1 aliphatic carbocycles. The third-order valence-electron chi connectivity index (χ3n) is 5.37. The molecule has 3 N–H and O–H groups in total. The summed E-state index contributed by atoms with van der Waals surface area (Å²) in [5, 5.41) is 3.26. The van der Waals surface area contributed by atoms with Crippen molar-refractivity contribution < 1.29 is 4.74 Å². The van der Waals surface area contributed by atoms with Crippen molar-refractivity contribution in [3.63, 3.8) is 0 Å². The molecule has 0 amide bonds. The molecule has 2 heterocycles. The van der Waals surface area contributed by atoms with Gasteiger partial charge in [-0.15, -0.1) is 0 Å². The van der Waals surface area contributed by atoms with Gasteiger partial charge >= 0.3 is 5.69 Å². The normalized spacial score (nSPS) is 22.0. The van der Waals surface area contributed by atoms with Crippen LogP contribution in [0.4, 0.5) is 11.5 Å². The Morgan fingerprint density at radius 1 is 1.19 bits per heavy atom. The van der Waals surface area contributed by atoms with Crippen LogP contribution in [0.3, 0.4) is 0 Å². The zero-order valence-electron chi connectivity index (χ0n) is 15.6. The van der Waals surface area contributed by atoms with Crippen LogP contribution in [-0.2, 0) is 5.41 Å². The average Bonchev–Trinajstić information content (AvgIpc) is 2.59. The number of nitrogens with zero attached hydrogens (tertiary/aromatic N) is 2. The smallest absolute Gasteiger partial charge is 0.350 e. The molecule has 0 radical (unpaired) electrons. The summed E-state index contributed by atoms with van der Waals surface area (Å²) < 4.78 is 7.75. The lowest BCUT2D eigenvalue weighted by atomic mass is 9.86. The van der Waals surface area contributed by atoms with Gasteiger partial charge < -0.3 is 15.8 Å². The van der Waals surface area contributed by atoms with E-state index in [1.165, 1.54) is 5.56 Å². The van der Waals surface area contributed by atoms with Crippen LogP contribution >= 0.6 is 0 Å². The maximum Gasteiger partial charge on any atom is 0.350 e. The van der Waals surface area contributed by atoms with Crippen molar-refractivity contribution in [2.45, 2.75) is 64.0 Å². The summed E-state index contributed by atoms with van der Waals surface area (Å²) in [6, 6.07) is 6.51. The van der Waals surface area contributed by atoms with Crippen LogP contribution in [0.25, 0.3) is 0 Å². The lowest BCUT2D eigenvalue weighted by Gasteiger charge is -2.29. The molecule has 1 aliphatic heterocycles. The minimum Gasteiger partial charge on any atom is -0.450 e. The largest absolute Gasteiger partial charge is 0.450 e. The molecule has 2 aromatic rings. The van der Waals surface area contributed by atoms with Gasteiger partial charge in [0.25, 0.3) is 0 Å². The zero-order valence-corrected chi connectivity index (χ0v) is 15.6. The maximum atomic E-state index is 12.5. The third-order valence-corrected chi connectivity index (χ3v) is 5.37. The molecular weight excluding hydrogens is 328 g/mol. The summed E-state index contributed by atoms with van der Waals surface area (Å²) in [6.07, 6.45) is 5.47. The van der Waals surface area contributed by atoms with Gasteiger partial charge in [0.05, 0.1) is 11.9 Å². The molecule has 6 heteroatoms. The van der Waals surface area contributed by atoms with Crippen LogP contribution in [0.5, 0.6) is 11.5 Å². The summed E-state index contributed by atoms with van der Waals surface area (Å²) in [4.78, 5) is 16.8. The second kappa shape index (κ2) is 6.13. The standard InChI is InChI=1S/C20H26N4O2/c1-20(2,3)12-4-9-16-15(10-12)22-18-17(26-16)11-24(19(25)23-18)14-7-5-13(21)6-8-14/h4,9-11,13-14H,5-8,21H2,1-3H3,(H,22,23,25). The summed E-state index contributed by atoms with van der Waals surface area (Å²) in [6.45, 7) is 6.50. The van der Waals surface area contributed by atoms with Crippen molar-refractivity contribution in [3.05, 3.63) is 40.4 Å². The third kappa shape index (κ3) is 3.09. The van der Waals surface area contributed by atoms with Gasteiger partial charge in [-0.05, 0) is 48.8 Å². The average molecular weight is 354 g/mol. The van der Waals surface area contributed by atoms with Gasteiger partial charge in [-0.1, -0.05) is 26.8 Å². The van der Waals surface area contributed by atoms with E-state index in [0.717, 1.165) is 37.1 Å². The van der Waals surface area contributed by atoms with E-state index in [-0.39, 0.29) is 23.2 Å². The van der Waals surface area contributed by atoms with Gasteiger partial charge in [0.2, 0.25) is 0 Å². The van der Waals surface area contributed by atoms with Crippen molar-refractivity contribution >= 4 is 11.5 Å². The molecule has 1 aromatic carbocycles. The Labute approximate surface area is 153 Å². The van der Waals surface area contributed by atoms with Crippen molar-refractivity contribution in [2.24, 2.45) is 5.73 Å². The van der Waals surface area contributed by atoms with E-state index < -0.39 is 0 Å². The van der Waals surface area contributed by atoms with Crippen LogP contribution < -0.4 is 21.5 Å². The van der Waals surface area contributed by atoms with Crippen LogP contribution in [0.15, 0.2) is 29.2 Å². The van der Waals surface area contributed by atoms with Gasteiger partial charge in [-0.2, -0.15) is 4.98 Å². The fourth-order valence-corrected chi connectivity index (χ4v) is 3.69. The summed E-state index contributed by atoms with van der Waals surface area (Å²) in [7, 11) is 0. The second-order valence-electron chi connectivity index (χ2n) is 8.40. The molecule has 26 heavy (non-hydrogen) atoms. The predicted molar refractivity (Wildman–Crippen MR) is 102 cm³/mol. The van der Waals surface area contributed by atoms with Gasteiger partial charge in [0, 0.05) is 12.1 Å². The molecule has 0 bridgehead atoms. The first-order chi connectivity index (χ1) is 12.3. The van der Waals surface area contributed by atoms with Gasteiger partial charge in [-0.25, -0.2) is 4.79 Å². The lowest BCUT2D eigenvalue weighted by Crippen LogP contribution is -2.33. The first kappa shape index (κ1) is 17.1. The van der Waals surface area contributed by atoms with E-state index >= 15 is 0 Å². The summed E-state index contributed by atoms with van der Waals surface area (Å²) >= 11 is 0. The molecule has 138 valence electrons. The molecule has 0 saturated heterocycles. The molecule has 0 unspecified atom stereocenters. The van der Waals surface area contributed by atoms with Gasteiger partial charge in [-0.3, -0.25) is 4.57 Å². The number of rotatable bonds is 1. The number of nitrogens with two attached hydrogens (primary N) is 1. The Bertz CT molecular complexity index is 890. The fourth-order valence-electron chi connectivity index (χ4n) is 3.69. The Kier molecular flexibility index (Phi) is 4.03. The topological polar surface area (TPSA) is 82.2 Å². The molecule has 0 spiro atoms. The summed E-state index contributed by atoms with van der Waals surface area (Å²) in [5.74, 6) is 1.83. The van der Waals surface area contributed by atoms with Crippen LogP contribution in [0.2, 0.25) is 0 Å². The number of ether oxygens (including phenoxy) is 1. The molecule has 4 rings (SSSR count). The monoisotopic (exact) mass is 354 g/mol. The second-order valence-corrected chi connectivity index (χ2v) is 8.40. The lowest BCUT2D eigenvalue weighted by molar-refractivity contribution is 0.312. The summed E-state index contributed by atoms with van der Waals surface area (Å²) in [5.41, 5.74) is 7.82. The van der Waals surface area contributed by atoms with Gasteiger partial charge in [0.1, 0.15) is 0 Å². The highest BCUT2D eigenvalue weighted by Crippen LogP contribution is 2.42. The molecule has 6 nitrogen and oxygen atoms in total. The van der Waals surface area contributed by atoms with Crippen LogP contribution in [0.1, 0.15) is 58.1 Å². The highest BCUT2D eigenvalue weighted by molar-refractivity contribution is 5.73. The molecule has 1 aromatic heterocycles. The number of hydrogen-bond acceptors (Lipinski definition) is 5. The van der Waals surface area contributed by atoms with Crippen molar-refractivity contribution in [3.8, 4) is 11.5 Å². The molecule has 2 aliphatic rings.